The lowest BCUT2D eigenvalue weighted by Gasteiger charge is -2.29. The second-order valence-electron chi connectivity index (χ2n) is 5.89. The zero-order valence-corrected chi connectivity index (χ0v) is 10.3. The summed E-state index contributed by atoms with van der Waals surface area (Å²) in [4.78, 5) is 13.9. The van der Waals surface area contributed by atoms with Gasteiger partial charge in [0, 0.05) is 19.5 Å². The van der Waals surface area contributed by atoms with E-state index in [1.54, 1.807) is 25.8 Å². The highest BCUT2D eigenvalue weighted by Gasteiger charge is 2.41. The molecule has 2 rings (SSSR count). The molecule has 1 amide bonds. The van der Waals surface area contributed by atoms with Crippen LogP contribution in [-0.2, 0) is 4.79 Å². The first-order chi connectivity index (χ1) is 7.37. The summed E-state index contributed by atoms with van der Waals surface area (Å²) in [5.41, 5.74) is -0.808. The Hall–Kier alpha value is -0.830. The van der Waals surface area contributed by atoms with E-state index < -0.39 is 5.60 Å². The maximum Gasteiger partial charge on any atom is 0.226 e. The van der Waals surface area contributed by atoms with Crippen LogP contribution >= 0.6 is 0 Å². The molecule has 0 aromatic rings. The first kappa shape index (κ1) is 11.6. The number of hydrogen-bond donors (Lipinski definition) is 1. The highest BCUT2D eigenvalue weighted by Crippen LogP contribution is 2.44. The van der Waals surface area contributed by atoms with Crippen LogP contribution in [0.25, 0.3) is 0 Å². The number of fused-ring (bicyclic) bond motifs is 2. The molecule has 0 aliphatic heterocycles. The molecular weight excluding hydrogens is 202 g/mol. The summed E-state index contributed by atoms with van der Waals surface area (Å²) in [6.07, 6.45) is 6.57. The maximum atomic E-state index is 12.2. The first-order valence-electron chi connectivity index (χ1n) is 6.02. The Morgan fingerprint density at radius 2 is 2.12 bits per heavy atom. The van der Waals surface area contributed by atoms with Gasteiger partial charge in [0.05, 0.1) is 5.60 Å². The predicted octanol–water partition coefficient (Wildman–Crippen LogP) is 1.43. The Morgan fingerprint density at radius 3 is 2.56 bits per heavy atom. The van der Waals surface area contributed by atoms with Crippen LogP contribution < -0.4 is 0 Å². The van der Waals surface area contributed by atoms with Gasteiger partial charge in [-0.1, -0.05) is 12.2 Å². The zero-order chi connectivity index (χ0) is 11.9. The fourth-order valence-electron chi connectivity index (χ4n) is 3.01. The van der Waals surface area contributed by atoms with E-state index in [2.05, 4.69) is 12.2 Å². The Bertz CT molecular complexity index is 316. The largest absolute Gasteiger partial charge is 0.389 e. The maximum absolute atomic E-state index is 12.2. The molecule has 2 aliphatic rings. The van der Waals surface area contributed by atoms with Crippen LogP contribution in [0.1, 0.15) is 26.7 Å². The molecule has 0 saturated heterocycles. The minimum atomic E-state index is -0.808. The molecule has 1 N–H and O–H groups in total. The van der Waals surface area contributed by atoms with Crippen LogP contribution in [0.2, 0.25) is 0 Å². The molecule has 3 heteroatoms. The summed E-state index contributed by atoms with van der Waals surface area (Å²) >= 11 is 0. The monoisotopic (exact) mass is 223 g/mol. The number of aliphatic hydroxyl groups is 1. The predicted molar refractivity (Wildman–Crippen MR) is 62.8 cm³/mol. The van der Waals surface area contributed by atoms with Crippen molar-refractivity contribution in [2.24, 2.45) is 17.8 Å². The van der Waals surface area contributed by atoms with Crippen LogP contribution in [0.5, 0.6) is 0 Å². The van der Waals surface area contributed by atoms with Crippen LogP contribution in [0.4, 0.5) is 0 Å². The van der Waals surface area contributed by atoms with Crippen LogP contribution in [0.3, 0.4) is 0 Å². The average molecular weight is 223 g/mol. The van der Waals surface area contributed by atoms with Gasteiger partial charge in [-0.05, 0) is 38.5 Å². The normalized spacial score (nSPS) is 32.1. The number of amides is 1. The third kappa shape index (κ3) is 2.29. The second kappa shape index (κ2) is 3.88. The Balaban J connectivity index is 1.95. The minimum Gasteiger partial charge on any atom is -0.389 e. The molecule has 3 unspecified atom stereocenters. The topological polar surface area (TPSA) is 40.5 Å². The third-order valence-corrected chi connectivity index (χ3v) is 3.60. The van der Waals surface area contributed by atoms with Gasteiger partial charge in [-0.25, -0.2) is 0 Å². The summed E-state index contributed by atoms with van der Waals surface area (Å²) in [5.74, 6) is 1.41. The number of nitrogens with zero attached hydrogens (tertiary/aromatic N) is 1. The number of carbonyl (C=O) groups excluding carboxylic acids is 1. The Morgan fingerprint density at radius 1 is 1.44 bits per heavy atom. The van der Waals surface area contributed by atoms with Crippen LogP contribution in [0.15, 0.2) is 12.2 Å². The molecule has 0 spiro atoms. The fraction of sp³-hybridized carbons (Fsp3) is 0.769. The molecule has 1 fully saturated rings. The molecule has 2 aliphatic carbocycles. The van der Waals surface area contributed by atoms with E-state index in [1.165, 1.54) is 0 Å². The van der Waals surface area contributed by atoms with Crippen molar-refractivity contribution < 1.29 is 9.90 Å². The molecule has 3 atom stereocenters. The van der Waals surface area contributed by atoms with E-state index in [-0.39, 0.29) is 11.8 Å². The van der Waals surface area contributed by atoms with Gasteiger partial charge in [0.1, 0.15) is 0 Å². The summed E-state index contributed by atoms with van der Waals surface area (Å²) in [6, 6.07) is 0. The van der Waals surface area contributed by atoms with Crippen molar-refractivity contribution in [3.05, 3.63) is 12.2 Å². The van der Waals surface area contributed by atoms with Gasteiger partial charge >= 0.3 is 0 Å². The number of carbonyl (C=O) groups is 1. The van der Waals surface area contributed by atoms with E-state index in [0.717, 1.165) is 12.8 Å². The van der Waals surface area contributed by atoms with Gasteiger partial charge in [-0.3, -0.25) is 4.79 Å². The van der Waals surface area contributed by atoms with Crippen molar-refractivity contribution in [3.63, 3.8) is 0 Å². The molecule has 0 radical (unpaired) electrons. The summed E-state index contributed by atoms with van der Waals surface area (Å²) in [7, 11) is 1.79. The number of hydrogen-bond acceptors (Lipinski definition) is 2. The lowest BCUT2D eigenvalue weighted by Crippen LogP contribution is -2.43. The molecule has 3 nitrogen and oxygen atoms in total. The molecule has 2 bridgehead atoms. The first-order valence-corrected chi connectivity index (χ1v) is 6.02. The summed E-state index contributed by atoms with van der Waals surface area (Å²) < 4.78 is 0. The Labute approximate surface area is 97.1 Å². The number of rotatable bonds is 3. The van der Waals surface area contributed by atoms with Gasteiger partial charge in [0.25, 0.3) is 0 Å². The van der Waals surface area contributed by atoms with Gasteiger partial charge in [-0.15, -0.1) is 0 Å². The molecular formula is C13H21NO2. The smallest absolute Gasteiger partial charge is 0.226 e. The van der Waals surface area contributed by atoms with Crippen molar-refractivity contribution in [1.82, 2.24) is 4.90 Å². The van der Waals surface area contributed by atoms with E-state index >= 15 is 0 Å². The van der Waals surface area contributed by atoms with Gasteiger partial charge in [-0.2, -0.15) is 0 Å². The van der Waals surface area contributed by atoms with E-state index in [1.807, 2.05) is 0 Å². The average Bonchev–Trinajstić information content (AvgIpc) is 2.74. The highest BCUT2D eigenvalue weighted by molar-refractivity contribution is 5.80. The van der Waals surface area contributed by atoms with Crippen molar-refractivity contribution >= 4 is 5.91 Å². The lowest BCUT2D eigenvalue weighted by atomic mass is 9.92. The fourth-order valence-corrected chi connectivity index (χ4v) is 3.01. The van der Waals surface area contributed by atoms with Gasteiger partial charge in [0.2, 0.25) is 5.91 Å². The van der Waals surface area contributed by atoms with Crippen molar-refractivity contribution in [2.45, 2.75) is 32.3 Å². The van der Waals surface area contributed by atoms with Crippen molar-refractivity contribution in [3.8, 4) is 0 Å². The van der Waals surface area contributed by atoms with Gasteiger partial charge in [0.15, 0.2) is 0 Å². The summed E-state index contributed by atoms with van der Waals surface area (Å²) in [5, 5.41) is 9.70. The van der Waals surface area contributed by atoms with Crippen molar-refractivity contribution in [2.75, 3.05) is 13.6 Å². The standard InChI is InChI=1S/C13H21NO2/c1-13(2,16)8-14(3)12(15)11-7-9-4-5-10(11)6-9/h4-5,9-11,16H,6-8H2,1-3H3. The SMILES string of the molecule is CN(CC(C)(C)O)C(=O)C1CC2C=CC1C2. The van der Waals surface area contributed by atoms with E-state index in [0.29, 0.717) is 18.4 Å². The summed E-state index contributed by atoms with van der Waals surface area (Å²) in [6.45, 7) is 3.87. The zero-order valence-electron chi connectivity index (χ0n) is 10.3. The molecule has 0 aromatic carbocycles. The molecule has 90 valence electrons. The third-order valence-electron chi connectivity index (χ3n) is 3.60. The van der Waals surface area contributed by atoms with E-state index in [9.17, 15) is 9.90 Å². The Kier molecular flexibility index (Phi) is 2.82. The van der Waals surface area contributed by atoms with Crippen LogP contribution in [-0.4, -0.2) is 35.1 Å². The quantitative estimate of drug-likeness (QED) is 0.735. The molecule has 0 heterocycles. The highest BCUT2D eigenvalue weighted by atomic mass is 16.3. The molecule has 0 aromatic heterocycles. The number of allylic oxidation sites excluding steroid dienone is 2. The lowest BCUT2D eigenvalue weighted by molar-refractivity contribution is -0.137. The van der Waals surface area contributed by atoms with Crippen molar-refractivity contribution in [1.29, 1.82) is 0 Å². The van der Waals surface area contributed by atoms with Gasteiger partial charge < -0.3 is 10.0 Å². The molecule has 16 heavy (non-hydrogen) atoms. The second-order valence-corrected chi connectivity index (χ2v) is 5.89. The minimum absolute atomic E-state index is 0.155. The van der Waals surface area contributed by atoms with Crippen LogP contribution in [0, 0.1) is 17.8 Å². The van der Waals surface area contributed by atoms with E-state index in [4.69, 9.17) is 0 Å². The molecule has 1 saturated carbocycles. The number of likely N-dealkylation sites (N-methyl/N-ethyl adjacent to an activating group) is 1.